The predicted molar refractivity (Wildman–Crippen MR) is 134 cm³/mol. The second kappa shape index (κ2) is 11.7. The third-order valence-electron chi connectivity index (χ3n) is 5.72. The van der Waals surface area contributed by atoms with Crippen molar-refractivity contribution in [3.63, 3.8) is 0 Å². The fraction of sp³-hybridized carbons (Fsp3) is 0.185. The third kappa shape index (κ3) is 7.04. The van der Waals surface area contributed by atoms with Gasteiger partial charge in [0.15, 0.2) is 0 Å². The van der Waals surface area contributed by atoms with Crippen LogP contribution in [-0.4, -0.2) is 38.3 Å². The highest BCUT2D eigenvalue weighted by molar-refractivity contribution is 5.95. The lowest BCUT2D eigenvalue weighted by Crippen LogP contribution is -2.34. The Balaban J connectivity index is 1.40. The highest BCUT2D eigenvalue weighted by Crippen LogP contribution is 2.29. The van der Waals surface area contributed by atoms with Gasteiger partial charge in [-0.05, 0) is 41.8 Å². The molecule has 2 heterocycles. The van der Waals surface area contributed by atoms with Crippen LogP contribution < -0.4 is 10.6 Å². The zero-order valence-electron chi connectivity index (χ0n) is 20.0. The van der Waals surface area contributed by atoms with Crippen LogP contribution in [0.15, 0.2) is 85.3 Å². The number of carbonyl (C=O) groups excluding carboxylic acids is 1. The molecule has 2 aromatic carbocycles. The molecule has 2 aromatic heterocycles. The van der Waals surface area contributed by atoms with Gasteiger partial charge in [-0.15, -0.1) is 0 Å². The molecule has 11 heteroatoms. The van der Waals surface area contributed by atoms with Crippen LogP contribution in [0, 0.1) is 0 Å². The van der Waals surface area contributed by atoms with Crippen LogP contribution in [0.2, 0.25) is 0 Å². The molecule has 3 N–H and O–H groups in total. The van der Waals surface area contributed by atoms with E-state index in [4.69, 9.17) is 5.11 Å². The summed E-state index contributed by atoms with van der Waals surface area (Å²) in [5, 5.41) is 18.9. The van der Waals surface area contributed by atoms with E-state index in [1.807, 2.05) is 18.2 Å². The van der Waals surface area contributed by atoms with Crippen molar-refractivity contribution >= 4 is 17.7 Å². The molecular formula is C27H24F3N5O3. The van der Waals surface area contributed by atoms with E-state index in [1.54, 1.807) is 36.7 Å². The number of aromatic nitrogens is 3. The van der Waals surface area contributed by atoms with E-state index in [-0.39, 0.29) is 12.5 Å². The summed E-state index contributed by atoms with van der Waals surface area (Å²) < 4.78 is 39.7. The quantitative estimate of drug-likeness (QED) is 0.281. The molecule has 0 aliphatic carbocycles. The minimum Gasteiger partial charge on any atom is -0.480 e. The maximum atomic E-state index is 13.2. The number of amides is 1. The molecule has 0 saturated carbocycles. The van der Waals surface area contributed by atoms with E-state index in [0.717, 1.165) is 17.7 Å². The Morgan fingerprint density at radius 2 is 1.68 bits per heavy atom. The van der Waals surface area contributed by atoms with Crippen molar-refractivity contribution in [2.24, 2.45) is 0 Å². The molecule has 0 bridgehead atoms. The van der Waals surface area contributed by atoms with Crippen LogP contribution in [0.25, 0.3) is 11.1 Å². The highest BCUT2D eigenvalue weighted by Gasteiger charge is 2.30. The van der Waals surface area contributed by atoms with Crippen LogP contribution in [-0.2, 0) is 28.7 Å². The van der Waals surface area contributed by atoms with Crippen molar-refractivity contribution in [3.8, 4) is 11.1 Å². The fourth-order valence-corrected chi connectivity index (χ4v) is 3.80. The first-order chi connectivity index (χ1) is 18.2. The number of benzene rings is 2. The Kier molecular flexibility index (Phi) is 8.17. The normalized spacial score (nSPS) is 12.2. The lowest BCUT2D eigenvalue weighted by atomic mass is 10.0. The summed E-state index contributed by atoms with van der Waals surface area (Å²) in [4.78, 5) is 28.3. The number of anilines is 1. The Hall–Kier alpha value is -4.51. The van der Waals surface area contributed by atoms with Gasteiger partial charge in [-0.25, -0.2) is 4.98 Å². The summed E-state index contributed by atoms with van der Waals surface area (Å²) in [7, 11) is 0. The fourth-order valence-electron chi connectivity index (χ4n) is 3.80. The molecule has 0 unspecified atom stereocenters. The molecule has 4 rings (SSSR count). The Morgan fingerprint density at radius 1 is 0.947 bits per heavy atom. The molecule has 0 radical (unpaired) electrons. The molecule has 0 saturated heterocycles. The first-order valence-corrected chi connectivity index (χ1v) is 11.6. The van der Waals surface area contributed by atoms with Gasteiger partial charge in [-0.3, -0.25) is 14.3 Å². The SMILES string of the molecule is O=C(O)Cn1cc(-c2ccc(NC(=O)[C@@H](NCCc3ccc(C(F)(F)F)cc3)c3ccccc3)nc2)cn1. The molecule has 1 amide bonds. The van der Waals surface area contributed by atoms with E-state index in [2.05, 4.69) is 20.7 Å². The Bertz CT molecular complexity index is 1370. The van der Waals surface area contributed by atoms with Gasteiger partial charge in [-0.2, -0.15) is 18.3 Å². The topological polar surface area (TPSA) is 109 Å². The average molecular weight is 524 g/mol. The van der Waals surface area contributed by atoms with Gasteiger partial charge < -0.3 is 15.7 Å². The van der Waals surface area contributed by atoms with Gasteiger partial charge in [0.05, 0.1) is 11.8 Å². The molecule has 1 atom stereocenters. The van der Waals surface area contributed by atoms with Gasteiger partial charge in [0.25, 0.3) is 0 Å². The predicted octanol–water partition coefficient (Wildman–Crippen LogP) is 4.56. The van der Waals surface area contributed by atoms with Crippen molar-refractivity contribution < 1.29 is 27.9 Å². The van der Waals surface area contributed by atoms with E-state index in [9.17, 15) is 22.8 Å². The van der Waals surface area contributed by atoms with Crippen molar-refractivity contribution in [2.45, 2.75) is 25.2 Å². The zero-order valence-corrected chi connectivity index (χ0v) is 20.0. The summed E-state index contributed by atoms with van der Waals surface area (Å²) in [6.45, 7) is 0.0966. The van der Waals surface area contributed by atoms with Crippen molar-refractivity contribution in [1.29, 1.82) is 0 Å². The molecule has 0 aliphatic heterocycles. The monoisotopic (exact) mass is 523 g/mol. The number of nitrogens with one attached hydrogen (secondary N) is 2. The number of nitrogens with zero attached hydrogens (tertiary/aromatic N) is 3. The van der Waals surface area contributed by atoms with E-state index in [0.29, 0.717) is 35.5 Å². The number of carboxylic acid groups (broad SMARTS) is 1. The van der Waals surface area contributed by atoms with Gasteiger partial charge in [0, 0.05) is 30.1 Å². The Morgan fingerprint density at radius 3 is 2.32 bits per heavy atom. The van der Waals surface area contributed by atoms with Crippen molar-refractivity contribution in [2.75, 3.05) is 11.9 Å². The smallest absolute Gasteiger partial charge is 0.416 e. The second-order valence-corrected chi connectivity index (χ2v) is 8.48. The first-order valence-electron chi connectivity index (χ1n) is 11.6. The lowest BCUT2D eigenvalue weighted by molar-refractivity contribution is -0.138. The van der Waals surface area contributed by atoms with Crippen LogP contribution in [0.5, 0.6) is 0 Å². The number of carbonyl (C=O) groups is 2. The summed E-state index contributed by atoms with van der Waals surface area (Å²) >= 11 is 0. The van der Waals surface area contributed by atoms with Gasteiger partial charge in [0.2, 0.25) is 5.91 Å². The van der Waals surface area contributed by atoms with E-state index in [1.165, 1.54) is 23.0 Å². The lowest BCUT2D eigenvalue weighted by Gasteiger charge is -2.19. The molecule has 0 fully saturated rings. The number of alkyl halides is 3. The number of rotatable bonds is 10. The zero-order chi connectivity index (χ0) is 27.1. The number of carboxylic acids is 1. The number of hydrogen-bond donors (Lipinski definition) is 3. The van der Waals surface area contributed by atoms with Crippen LogP contribution >= 0.6 is 0 Å². The number of pyridine rings is 1. The van der Waals surface area contributed by atoms with Crippen molar-refractivity contribution in [1.82, 2.24) is 20.1 Å². The minimum absolute atomic E-state index is 0.256. The highest BCUT2D eigenvalue weighted by atomic mass is 19.4. The first kappa shape index (κ1) is 26.6. The number of hydrogen-bond acceptors (Lipinski definition) is 5. The Labute approximate surface area is 216 Å². The molecule has 0 spiro atoms. The average Bonchev–Trinajstić information content (AvgIpc) is 3.35. The molecular weight excluding hydrogens is 499 g/mol. The van der Waals surface area contributed by atoms with Crippen LogP contribution in [0.3, 0.4) is 0 Å². The van der Waals surface area contributed by atoms with Crippen LogP contribution in [0.4, 0.5) is 19.0 Å². The van der Waals surface area contributed by atoms with Gasteiger partial charge in [0.1, 0.15) is 18.4 Å². The van der Waals surface area contributed by atoms with Crippen molar-refractivity contribution in [3.05, 3.63) is 102 Å². The van der Waals surface area contributed by atoms with Gasteiger partial charge >= 0.3 is 12.1 Å². The van der Waals surface area contributed by atoms with Crippen LogP contribution in [0.1, 0.15) is 22.7 Å². The number of halogens is 3. The maximum Gasteiger partial charge on any atom is 0.416 e. The van der Waals surface area contributed by atoms with E-state index >= 15 is 0 Å². The molecule has 4 aromatic rings. The third-order valence-corrected chi connectivity index (χ3v) is 5.72. The summed E-state index contributed by atoms with van der Waals surface area (Å²) in [5.41, 5.74) is 2.11. The number of aliphatic carboxylic acids is 1. The van der Waals surface area contributed by atoms with Gasteiger partial charge in [-0.1, -0.05) is 42.5 Å². The molecule has 196 valence electrons. The molecule has 8 nitrogen and oxygen atoms in total. The summed E-state index contributed by atoms with van der Waals surface area (Å²) in [5.74, 6) is -1.03. The summed E-state index contributed by atoms with van der Waals surface area (Å²) in [6.07, 6.45) is 0.714. The maximum absolute atomic E-state index is 13.2. The molecule has 0 aliphatic rings. The largest absolute Gasteiger partial charge is 0.480 e. The minimum atomic E-state index is -4.39. The summed E-state index contributed by atoms with van der Waals surface area (Å²) in [6, 6.07) is 16.7. The van der Waals surface area contributed by atoms with E-state index < -0.39 is 23.8 Å². The second-order valence-electron chi connectivity index (χ2n) is 8.48. The molecule has 38 heavy (non-hydrogen) atoms. The standard InChI is InChI=1S/C27H24F3N5O3/c28-27(29,30)22-9-6-18(7-10-22)12-13-31-25(19-4-2-1-3-5-19)26(38)34-23-11-8-20(14-32-23)21-15-33-35(16-21)17-24(36)37/h1-11,14-16,25,31H,12-13,17H2,(H,36,37)(H,32,34,38)/t25-/m0/s1.